The lowest BCUT2D eigenvalue weighted by Gasteiger charge is -2.40. The van der Waals surface area contributed by atoms with E-state index in [4.69, 9.17) is 0 Å². The van der Waals surface area contributed by atoms with Gasteiger partial charge in [0.1, 0.15) is 6.29 Å². The average Bonchev–Trinajstić information content (AvgIpc) is 2.22. The molecule has 0 aliphatic carbocycles. The lowest BCUT2D eigenvalue weighted by molar-refractivity contribution is -0.137. The lowest BCUT2D eigenvalue weighted by atomic mass is 9.96. The number of benzene rings is 1. The third-order valence-electron chi connectivity index (χ3n) is 2.95. The second kappa shape index (κ2) is 4.39. The Kier molecular flexibility index (Phi) is 3.09. The fraction of sp³-hybridized carbons (Fsp3) is 0.417. The Balaban J connectivity index is 1.98. The van der Waals surface area contributed by atoms with Crippen molar-refractivity contribution >= 4 is 12.0 Å². The summed E-state index contributed by atoms with van der Waals surface area (Å²) in [4.78, 5) is 12.2. The minimum atomic E-state index is -4.28. The molecule has 17 heavy (non-hydrogen) atoms. The Labute approximate surface area is 97.0 Å². The van der Waals surface area contributed by atoms with Crippen LogP contribution in [0.25, 0.3) is 0 Å². The number of carbonyl (C=O) groups is 1. The quantitative estimate of drug-likeness (QED) is 0.761. The number of hydrogen-bond donors (Lipinski definition) is 0. The van der Waals surface area contributed by atoms with Crippen LogP contribution in [0.5, 0.6) is 0 Å². The number of halogens is 3. The van der Waals surface area contributed by atoms with Crippen molar-refractivity contribution in [3.8, 4) is 0 Å². The van der Waals surface area contributed by atoms with Crippen molar-refractivity contribution in [1.82, 2.24) is 0 Å². The minimum Gasteiger partial charge on any atom is -0.371 e. The molecule has 0 N–H and O–H groups in total. The number of rotatable bonds is 3. The van der Waals surface area contributed by atoms with Gasteiger partial charge in [0.05, 0.1) is 5.56 Å². The monoisotopic (exact) mass is 243 g/mol. The summed E-state index contributed by atoms with van der Waals surface area (Å²) in [7, 11) is 0. The summed E-state index contributed by atoms with van der Waals surface area (Å²) in [6.07, 6.45) is -2.88. The van der Waals surface area contributed by atoms with Gasteiger partial charge in [0.15, 0.2) is 0 Å². The average molecular weight is 243 g/mol. The Morgan fingerprint density at radius 1 is 1.24 bits per heavy atom. The molecule has 0 aromatic heterocycles. The molecule has 5 heteroatoms. The highest BCUT2D eigenvalue weighted by Gasteiger charge is 2.31. The van der Waals surface area contributed by atoms with Gasteiger partial charge in [-0.05, 0) is 24.3 Å². The molecule has 0 spiro atoms. The zero-order chi connectivity index (χ0) is 12.5. The molecule has 1 aliphatic rings. The number of nitrogens with zero attached hydrogens (tertiary/aromatic N) is 1. The molecule has 92 valence electrons. The largest absolute Gasteiger partial charge is 0.416 e. The van der Waals surface area contributed by atoms with Crippen LogP contribution in [0.1, 0.15) is 12.0 Å². The van der Waals surface area contributed by atoms with E-state index in [9.17, 15) is 18.0 Å². The Hall–Kier alpha value is -1.52. The van der Waals surface area contributed by atoms with E-state index in [0.29, 0.717) is 12.3 Å². The summed E-state index contributed by atoms with van der Waals surface area (Å²) in [5, 5.41) is 0. The molecule has 1 aromatic rings. The molecule has 1 aromatic carbocycles. The molecule has 0 saturated carbocycles. The lowest BCUT2D eigenvalue weighted by Crippen LogP contribution is -2.46. The van der Waals surface area contributed by atoms with Crippen molar-refractivity contribution in [3.63, 3.8) is 0 Å². The molecule has 0 atom stereocenters. The van der Waals surface area contributed by atoms with E-state index in [1.165, 1.54) is 12.1 Å². The molecule has 1 fully saturated rings. The number of carbonyl (C=O) groups excluding carboxylic acids is 1. The van der Waals surface area contributed by atoms with Gasteiger partial charge < -0.3 is 9.69 Å². The first-order valence-corrected chi connectivity index (χ1v) is 5.36. The summed E-state index contributed by atoms with van der Waals surface area (Å²) in [5.41, 5.74) is 0.145. The van der Waals surface area contributed by atoms with Crippen LogP contribution in [0.2, 0.25) is 0 Å². The van der Waals surface area contributed by atoms with Gasteiger partial charge in [0, 0.05) is 31.1 Å². The van der Waals surface area contributed by atoms with E-state index in [1.807, 2.05) is 4.90 Å². The standard InChI is InChI=1S/C12H12F3NO/c13-12(14,15)10-1-3-11(4-2-10)16-7-9(8-16)5-6-17/h1-4,6,9H,5,7-8H2. The van der Waals surface area contributed by atoms with Gasteiger partial charge in [-0.1, -0.05) is 0 Å². The highest BCUT2D eigenvalue weighted by atomic mass is 19.4. The molecular formula is C12H12F3NO. The number of alkyl halides is 3. The smallest absolute Gasteiger partial charge is 0.371 e. The van der Waals surface area contributed by atoms with Crippen molar-refractivity contribution in [2.45, 2.75) is 12.6 Å². The van der Waals surface area contributed by atoms with Crippen molar-refractivity contribution < 1.29 is 18.0 Å². The van der Waals surface area contributed by atoms with Crippen LogP contribution in [0.15, 0.2) is 24.3 Å². The molecule has 1 aliphatic heterocycles. The number of aldehydes is 1. The first kappa shape index (κ1) is 12.0. The highest BCUT2D eigenvalue weighted by Crippen LogP contribution is 2.32. The third kappa shape index (κ3) is 2.60. The van der Waals surface area contributed by atoms with E-state index in [2.05, 4.69) is 0 Å². The van der Waals surface area contributed by atoms with E-state index in [0.717, 1.165) is 37.2 Å². The maximum Gasteiger partial charge on any atom is 0.416 e. The summed E-state index contributed by atoms with van der Waals surface area (Å²) in [6.45, 7) is 1.48. The van der Waals surface area contributed by atoms with Gasteiger partial charge >= 0.3 is 6.18 Å². The van der Waals surface area contributed by atoms with Gasteiger partial charge in [-0.3, -0.25) is 0 Å². The Morgan fingerprint density at radius 3 is 2.29 bits per heavy atom. The van der Waals surface area contributed by atoms with Crippen LogP contribution < -0.4 is 4.90 Å². The zero-order valence-corrected chi connectivity index (χ0v) is 9.07. The molecule has 1 saturated heterocycles. The summed E-state index contributed by atoms with van der Waals surface area (Å²) in [5.74, 6) is 0.342. The molecule has 0 unspecified atom stereocenters. The van der Waals surface area contributed by atoms with E-state index >= 15 is 0 Å². The van der Waals surface area contributed by atoms with Gasteiger partial charge in [0.25, 0.3) is 0 Å². The maximum atomic E-state index is 12.3. The normalized spacial score (nSPS) is 16.8. The molecule has 1 heterocycles. The van der Waals surface area contributed by atoms with Crippen molar-refractivity contribution in [1.29, 1.82) is 0 Å². The maximum absolute atomic E-state index is 12.3. The molecular weight excluding hydrogens is 231 g/mol. The second-order valence-electron chi connectivity index (χ2n) is 4.22. The molecule has 0 amide bonds. The van der Waals surface area contributed by atoms with Crippen molar-refractivity contribution in [3.05, 3.63) is 29.8 Å². The zero-order valence-electron chi connectivity index (χ0n) is 9.07. The first-order chi connectivity index (χ1) is 8.00. The fourth-order valence-electron chi connectivity index (χ4n) is 1.93. The van der Waals surface area contributed by atoms with Gasteiger partial charge in [0.2, 0.25) is 0 Å². The minimum absolute atomic E-state index is 0.342. The number of hydrogen-bond acceptors (Lipinski definition) is 2. The Bertz CT molecular complexity index is 393. The van der Waals surface area contributed by atoms with Crippen LogP contribution in [0, 0.1) is 5.92 Å². The van der Waals surface area contributed by atoms with Crippen LogP contribution >= 0.6 is 0 Å². The first-order valence-electron chi connectivity index (χ1n) is 5.36. The van der Waals surface area contributed by atoms with Crippen molar-refractivity contribution in [2.75, 3.05) is 18.0 Å². The van der Waals surface area contributed by atoms with Gasteiger partial charge in [-0.15, -0.1) is 0 Å². The van der Waals surface area contributed by atoms with E-state index < -0.39 is 11.7 Å². The summed E-state index contributed by atoms with van der Waals surface area (Å²) < 4.78 is 37.0. The second-order valence-corrected chi connectivity index (χ2v) is 4.22. The van der Waals surface area contributed by atoms with E-state index in [1.54, 1.807) is 0 Å². The Morgan fingerprint density at radius 2 is 1.82 bits per heavy atom. The predicted molar refractivity (Wildman–Crippen MR) is 57.8 cm³/mol. The fourth-order valence-corrected chi connectivity index (χ4v) is 1.93. The van der Waals surface area contributed by atoms with Gasteiger partial charge in [-0.2, -0.15) is 13.2 Å². The van der Waals surface area contributed by atoms with Crippen LogP contribution in [0.4, 0.5) is 18.9 Å². The molecule has 2 nitrogen and oxygen atoms in total. The topological polar surface area (TPSA) is 20.3 Å². The number of anilines is 1. The molecule has 0 bridgehead atoms. The molecule has 0 radical (unpaired) electrons. The SMILES string of the molecule is O=CCC1CN(c2ccc(C(F)(F)F)cc2)C1. The van der Waals surface area contributed by atoms with Crippen LogP contribution in [-0.2, 0) is 11.0 Å². The summed E-state index contributed by atoms with van der Waals surface area (Å²) >= 11 is 0. The van der Waals surface area contributed by atoms with Crippen LogP contribution in [-0.4, -0.2) is 19.4 Å². The van der Waals surface area contributed by atoms with Gasteiger partial charge in [-0.25, -0.2) is 0 Å². The summed E-state index contributed by atoms with van der Waals surface area (Å²) in [6, 6.07) is 5.12. The van der Waals surface area contributed by atoms with E-state index in [-0.39, 0.29) is 0 Å². The van der Waals surface area contributed by atoms with Crippen molar-refractivity contribution in [2.24, 2.45) is 5.92 Å². The highest BCUT2D eigenvalue weighted by molar-refractivity contribution is 5.54. The molecule has 2 rings (SSSR count). The van der Waals surface area contributed by atoms with Crippen LogP contribution in [0.3, 0.4) is 0 Å². The third-order valence-corrected chi connectivity index (χ3v) is 2.95. The predicted octanol–water partition coefficient (Wildman–Crippen LogP) is 2.73.